The van der Waals surface area contributed by atoms with E-state index in [0.29, 0.717) is 11.4 Å². The maximum Gasteiger partial charge on any atom is 0.350 e. The number of pyridine rings is 1. The van der Waals surface area contributed by atoms with Crippen molar-refractivity contribution in [1.29, 1.82) is 0 Å². The SMILES string of the molecule is COC(=O)c1sccc1NC(=O)c1ccc(C(=O)Nc2ccsc2C(=O)OC)nc1. The summed E-state index contributed by atoms with van der Waals surface area (Å²) in [5.74, 6) is -2.15. The fraction of sp³-hybridized carbons (Fsp3) is 0.105. The van der Waals surface area contributed by atoms with Gasteiger partial charge in [-0.3, -0.25) is 14.6 Å². The smallest absolute Gasteiger partial charge is 0.350 e. The minimum atomic E-state index is -0.556. The number of aromatic nitrogens is 1. The number of rotatable bonds is 6. The molecule has 3 aromatic heterocycles. The van der Waals surface area contributed by atoms with Crippen molar-refractivity contribution in [2.24, 2.45) is 0 Å². The molecule has 9 nitrogen and oxygen atoms in total. The lowest BCUT2D eigenvalue weighted by Crippen LogP contribution is -2.17. The molecule has 0 saturated carbocycles. The molecule has 0 aromatic carbocycles. The molecule has 0 aliphatic heterocycles. The molecule has 0 fully saturated rings. The van der Waals surface area contributed by atoms with Gasteiger partial charge in [-0.15, -0.1) is 22.7 Å². The predicted octanol–water partition coefficient (Wildman–Crippen LogP) is 3.28. The Morgan fingerprint density at radius 3 is 1.80 bits per heavy atom. The van der Waals surface area contributed by atoms with Gasteiger partial charge < -0.3 is 20.1 Å². The number of thiophene rings is 2. The number of amides is 2. The van der Waals surface area contributed by atoms with E-state index in [1.165, 1.54) is 32.5 Å². The third-order valence-corrected chi connectivity index (χ3v) is 5.62. The van der Waals surface area contributed by atoms with Gasteiger partial charge in [0, 0.05) is 6.20 Å². The average Bonchev–Trinajstić information content (AvgIpc) is 3.42. The van der Waals surface area contributed by atoms with Crippen molar-refractivity contribution in [3.05, 3.63) is 62.2 Å². The van der Waals surface area contributed by atoms with Gasteiger partial charge in [0.05, 0.1) is 31.2 Å². The first-order chi connectivity index (χ1) is 14.4. The first-order valence-electron chi connectivity index (χ1n) is 8.35. The van der Waals surface area contributed by atoms with Gasteiger partial charge in [0.2, 0.25) is 0 Å². The van der Waals surface area contributed by atoms with Crippen molar-refractivity contribution >= 4 is 57.8 Å². The molecule has 2 N–H and O–H groups in total. The van der Waals surface area contributed by atoms with E-state index < -0.39 is 23.8 Å². The highest BCUT2D eigenvalue weighted by Gasteiger charge is 2.19. The van der Waals surface area contributed by atoms with E-state index in [0.717, 1.165) is 22.7 Å². The summed E-state index contributed by atoms with van der Waals surface area (Å²) in [5.41, 5.74) is 0.887. The van der Waals surface area contributed by atoms with Crippen LogP contribution in [0.15, 0.2) is 41.2 Å². The van der Waals surface area contributed by atoms with Gasteiger partial charge in [-0.05, 0) is 35.0 Å². The van der Waals surface area contributed by atoms with Crippen molar-refractivity contribution in [1.82, 2.24) is 4.98 Å². The van der Waals surface area contributed by atoms with Gasteiger partial charge in [-0.1, -0.05) is 0 Å². The number of carbonyl (C=O) groups is 4. The number of nitrogens with zero attached hydrogens (tertiary/aromatic N) is 1. The van der Waals surface area contributed by atoms with Crippen molar-refractivity contribution < 1.29 is 28.7 Å². The number of carbonyl (C=O) groups excluding carboxylic acids is 4. The van der Waals surface area contributed by atoms with Crippen molar-refractivity contribution in [2.45, 2.75) is 0 Å². The average molecular weight is 445 g/mol. The largest absolute Gasteiger partial charge is 0.465 e. The number of ether oxygens (including phenoxy) is 2. The number of esters is 2. The van der Waals surface area contributed by atoms with E-state index in [1.54, 1.807) is 22.9 Å². The number of anilines is 2. The second kappa shape index (κ2) is 9.29. The Bertz CT molecular complexity index is 1020. The zero-order valence-corrected chi connectivity index (χ0v) is 17.4. The molecule has 30 heavy (non-hydrogen) atoms. The molecule has 3 aromatic rings. The number of methoxy groups -OCH3 is 2. The molecule has 11 heteroatoms. The summed E-state index contributed by atoms with van der Waals surface area (Å²) in [6.45, 7) is 0. The first kappa shape index (κ1) is 21.1. The summed E-state index contributed by atoms with van der Waals surface area (Å²) in [6, 6.07) is 5.97. The topological polar surface area (TPSA) is 124 Å². The Labute approximate surface area is 178 Å². The van der Waals surface area contributed by atoms with E-state index in [1.807, 2.05) is 0 Å². The highest BCUT2D eigenvalue weighted by atomic mass is 32.1. The van der Waals surface area contributed by atoms with Crippen LogP contribution in [0.1, 0.15) is 40.2 Å². The van der Waals surface area contributed by atoms with Crippen LogP contribution in [0.5, 0.6) is 0 Å². The van der Waals surface area contributed by atoms with Crippen LogP contribution >= 0.6 is 22.7 Å². The Hall–Kier alpha value is -3.57. The van der Waals surface area contributed by atoms with Crippen LogP contribution in [0.3, 0.4) is 0 Å². The number of hydrogen-bond donors (Lipinski definition) is 2. The molecule has 0 aliphatic carbocycles. The third-order valence-electron chi connectivity index (χ3n) is 3.83. The lowest BCUT2D eigenvalue weighted by molar-refractivity contribution is 0.0598. The molecular formula is C19H15N3O6S2. The molecule has 0 aliphatic rings. The molecule has 0 unspecified atom stereocenters. The third kappa shape index (κ3) is 4.53. The highest BCUT2D eigenvalue weighted by molar-refractivity contribution is 7.13. The lowest BCUT2D eigenvalue weighted by Gasteiger charge is -2.07. The molecule has 2 amide bonds. The molecule has 0 spiro atoms. The monoisotopic (exact) mass is 445 g/mol. The van der Waals surface area contributed by atoms with Crippen molar-refractivity contribution in [2.75, 3.05) is 24.9 Å². The summed E-state index contributed by atoms with van der Waals surface area (Å²) in [5, 5.41) is 8.51. The van der Waals surface area contributed by atoms with E-state index >= 15 is 0 Å². The van der Waals surface area contributed by atoms with Crippen LogP contribution in [0.4, 0.5) is 11.4 Å². The van der Waals surface area contributed by atoms with Gasteiger partial charge >= 0.3 is 11.9 Å². The highest BCUT2D eigenvalue weighted by Crippen LogP contribution is 2.25. The van der Waals surface area contributed by atoms with Crippen LogP contribution in [0.2, 0.25) is 0 Å². The summed E-state index contributed by atoms with van der Waals surface area (Å²) in [7, 11) is 2.51. The minimum absolute atomic E-state index is 0.0550. The Balaban J connectivity index is 1.69. The molecule has 0 atom stereocenters. The summed E-state index contributed by atoms with van der Waals surface area (Å²) >= 11 is 2.28. The molecule has 3 rings (SSSR count). The van der Waals surface area contributed by atoms with E-state index in [4.69, 9.17) is 0 Å². The second-order valence-electron chi connectivity index (χ2n) is 5.65. The molecule has 3 heterocycles. The predicted molar refractivity (Wildman–Crippen MR) is 111 cm³/mol. The van der Waals surface area contributed by atoms with Gasteiger partial charge in [0.25, 0.3) is 11.8 Å². The van der Waals surface area contributed by atoms with Crippen LogP contribution in [0.25, 0.3) is 0 Å². The quantitative estimate of drug-likeness (QED) is 0.558. The summed E-state index contributed by atoms with van der Waals surface area (Å²) in [6.07, 6.45) is 1.24. The van der Waals surface area contributed by atoms with Crippen LogP contribution in [-0.2, 0) is 9.47 Å². The normalized spacial score (nSPS) is 10.2. The molecule has 0 radical (unpaired) electrons. The standard InChI is InChI=1S/C19H15N3O6S2/c1-27-18(25)14-11(5-7-29-14)21-16(23)10-3-4-13(20-9-10)17(24)22-12-6-8-30-15(12)19(26)28-2/h3-9H,1-2H3,(H,21,23)(H,22,24). The Morgan fingerprint density at radius 1 is 0.800 bits per heavy atom. The van der Waals surface area contributed by atoms with Crippen molar-refractivity contribution in [3.8, 4) is 0 Å². The van der Waals surface area contributed by atoms with Gasteiger partial charge in [-0.2, -0.15) is 0 Å². The van der Waals surface area contributed by atoms with Crippen LogP contribution in [-0.4, -0.2) is 43.0 Å². The first-order valence-corrected chi connectivity index (χ1v) is 10.1. The molecule has 0 saturated heterocycles. The van der Waals surface area contributed by atoms with Crippen LogP contribution in [0, 0.1) is 0 Å². The van der Waals surface area contributed by atoms with Crippen molar-refractivity contribution in [3.63, 3.8) is 0 Å². The molecular weight excluding hydrogens is 430 g/mol. The van der Waals surface area contributed by atoms with E-state index in [9.17, 15) is 19.2 Å². The maximum atomic E-state index is 12.4. The van der Waals surface area contributed by atoms with Crippen LogP contribution < -0.4 is 10.6 Å². The number of nitrogens with one attached hydrogen (secondary N) is 2. The van der Waals surface area contributed by atoms with E-state index in [-0.39, 0.29) is 21.0 Å². The Morgan fingerprint density at radius 2 is 1.33 bits per heavy atom. The fourth-order valence-corrected chi connectivity index (χ4v) is 3.89. The fourth-order valence-electron chi connectivity index (χ4n) is 2.36. The van der Waals surface area contributed by atoms with Gasteiger partial charge in [0.1, 0.15) is 15.4 Å². The van der Waals surface area contributed by atoms with Gasteiger partial charge in [-0.25, -0.2) is 9.59 Å². The Kier molecular flexibility index (Phi) is 6.54. The van der Waals surface area contributed by atoms with E-state index in [2.05, 4.69) is 25.1 Å². The maximum absolute atomic E-state index is 12.4. The summed E-state index contributed by atoms with van der Waals surface area (Å²) in [4.78, 5) is 52.7. The zero-order chi connectivity index (χ0) is 21.7. The second-order valence-corrected chi connectivity index (χ2v) is 7.48. The number of hydrogen-bond acceptors (Lipinski definition) is 9. The van der Waals surface area contributed by atoms with Gasteiger partial charge in [0.15, 0.2) is 0 Å². The molecule has 0 bridgehead atoms. The lowest BCUT2D eigenvalue weighted by atomic mass is 10.2. The minimum Gasteiger partial charge on any atom is -0.465 e. The zero-order valence-electron chi connectivity index (χ0n) is 15.8. The summed E-state index contributed by atoms with van der Waals surface area (Å²) < 4.78 is 9.34. The molecule has 154 valence electrons.